The van der Waals surface area contributed by atoms with Crippen LogP contribution in [-0.2, 0) is 9.59 Å². The lowest BCUT2D eigenvalue weighted by molar-refractivity contribution is -0.125. The number of rotatable bonds is 1. The molecule has 0 aliphatic carbocycles. The molecule has 1 aliphatic rings. The molecule has 0 aromatic carbocycles. The zero-order chi connectivity index (χ0) is 8.43. The Morgan fingerprint density at radius 1 is 1.55 bits per heavy atom. The van der Waals surface area contributed by atoms with Crippen LogP contribution in [-0.4, -0.2) is 24.1 Å². The first-order valence-corrected chi connectivity index (χ1v) is 2.79. The van der Waals surface area contributed by atoms with E-state index in [9.17, 15) is 14.4 Å². The number of aldehydes is 1. The van der Waals surface area contributed by atoms with Crippen molar-refractivity contribution in [1.29, 1.82) is 0 Å². The number of nitrogens with one attached hydrogen (secondary N) is 1. The third-order valence-electron chi connectivity index (χ3n) is 1.20. The van der Waals surface area contributed by atoms with Crippen LogP contribution in [0.15, 0.2) is 4.99 Å². The van der Waals surface area contributed by atoms with Crippen molar-refractivity contribution >= 4 is 24.1 Å². The van der Waals surface area contributed by atoms with Crippen LogP contribution in [0.1, 0.15) is 0 Å². The van der Waals surface area contributed by atoms with Gasteiger partial charge >= 0.3 is 6.03 Å². The van der Waals surface area contributed by atoms with Crippen LogP contribution in [0, 0.1) is 5.92 Å². The standard InChI is InChI=1S/C5H5N3O3/c6-3-2(1-9)4(10)8-5(11)7-3/h1-2H,(H3,6,7,8,10,11)/t2-/m1/s1. The fraction of sp³-hybridized carbons (Fsp3) is 0.200. The van der Waals surface area contributed by atoms with Gasteiger partial charge in [-0.1, -0.05) is 0 Å². The molecule has 6 heteroatoms. The Morgan fingerprint density at radius 2 is 2.18 bits per heavy atom. The lowest BCUT2D eigenvalue weighted by Gasteiger charge is -2.12. The molecule has 3 N–H and O–H groups in total. The SMILES string of the molecule is NC1=NC(=O)NC(=O)[C@@H]1C=O. The second kappa shape index (κ2) is 2.49. The quantitative estimate of drug-likeness (QED) is 0.352. The highest BCUT2D eigenvalue weighted by Gasteiger charge is 2.28. The first-order valence-electron chi connectivity index (χ1n) is 2.79. The molecule has 1 heterocycles. The summed E-state index contributed by atoms with van der Waals surface area (Å²) in [6, 6.07) is -0.828. The minimum atomic E-state index is -1.12. The van der Waals surface area contributed by atoms with Crippen LogP contribution in [0.25, 0.3) is 0 Å². The van der Waals surface area contributed by atoms with Gasteiger partial charge in [0, 0.05) is 0 Å². The largest absolute Gasteiger partial charge is 0.386 e. The Balaban J connectivity index is 2.97. The van der Waals surface area contributed by atoms with Gasteiger partial charge in [-0.3, -0.25) is 10.1 Å². The summed E-state index contributed by atoms with van der Waals surface area (Å²) in [7, 11) is 0. The van der Waals surface area contributed by atoms with E-state index in [0.29, 0.717) is 6.29 Å². The topological polar surface area (TPSA) is 102 Å². The lowest BCUT2D eigenvalue weighted by Crippen LogP contribution is -2.46. The molecule has 0 aromatic heterocycles. The minimum Gasteiger partial charge on any atom is -0.386 e. The van der Waals surface area contributed by atoms with E-state index < -0.39 is 17.9 Å². The highest BCUT2D eigenvalue weighted by atomic mass is 16.2. The van der Waals surface area contributed by atoms with Gasteiger partial charge in [0.2, 0.25) is 5.91 Å². The van der Waals surface area contributed by atoms with Gasteiger partial charge in [0.1, 0.15) is 12.1 Å². The van der Waals surface area contributed by atoms with Crippen molar-refractivity contribution in [1.82, 2.24) is 5.32 Å². The molecule has 0 saturated carbocycles. The lowest BCUT2D eigenvalue weighted by atomic mass is 10.1. The van der Waals surface area contributed by atoms with Crippen LogP contribution >= 0.6 is 0 Å². The van der Waals surface area contributed by atoms with Gasteiger partial charge in [-0.2, -0.15) is 4.99 Å². The summed E-state index contributed by atoms with van der Waals surface area (Å²) in [5, 5.41) is 1.83. The summed E-state index contributed by atoms with van der Waals surface area (Å²) in [5.41, 5.74) is 5.11. The number of aliphatic imine (C=N–C) groups is 1. The molecule has 1 aliphatic heterocycles. The second-order valence-electron chi connectivity index (χ2n) is 1.94. The van der Waals surface area contributed by atoms with Gasteiger partial charge in [-0.15, -0.1) is 0 Å². The molecule has 3 amide bonds. The number of carbonyl (C=O) groups is 3. The van der Waals surface area contributed by atoms with Crippen molar-refractivity contribution in [3.63, 3.8) is 0 Å². The number of nitrogens with two attached hydrogens (primary N) is 1. The predicted molar refractivity (Wildman–Crippen MR) is 34.7 cm³/mol. The first-order chi connectivity index (χ1) is 5.15. The molecule has 0 fully saturated rings. The van der Waals surface area contributed by atoms with Gasteiger partial charge < -0.3 is 10.5 Å². The second-order valence-corrected chi connectivity index (χ2v) is 1.94. The molecule has 11 heavy (non-hydrogen) atoms. The summed E-state index contributed by atoms with van der Waals surface area (Å²) in [6.07, 6.45) is 0.334. The number of hydrogen-bond donors (Lipinski definition) is 2. The van der Waals surface area contributed by atoms with E-state index in [4.69, 9.17) is 5.73 Å². The molecular weight excluding hydrogens is 150 g/mol. The van der Waals surface area contributed by atoms with Crippen molar-refractivity contribution in [2.45, 2.75) is 0 Å². The summed E-state index contributed by atoms with van der Waals surface area (Å²) in [4.78, 5) is 34.5. The number of urea groups is 1. The Kier molecular flexibility index (Phi) is 1.67. The zero-order valence-electron chi connectivity index (χ0n) is 5.40. The van der Waals surface area contributed by atoms with Crippen LogP contribution < -0.4 is 11.1 Å². The van der Waals surface area contributed by atoms with Gasteiger partial charge in [0.15, 0.2) is 5.92 Å². The van der Waals surface area contributed by atoms with Gasteiger partial charge in [-0.05, 0) is 0 Å². The van der Waals surface area contributed by atoms with E-state index in [2.05, 4.69) is 4.99 Å². The van der Waals surface area contributed by atoms with Crippen molar-refractivity contribution < 1.29 is 14.4 Å². The predicted octanol–water partition coefficient (Wildman–Crippen LogP) is -1.59. The normalized spacial score (nSPS) is 24.0. The number of amides is 3. The van der Waals surface area contributed by atoms with Crippen LogP contribution in [0.5, 0.6) is 0 Å². The molecule has 0 aromatic rings. The number of hydrogen-bond acceptors (Lipinski definition) is 4. The molecule has 6 nitrogen and oxygen atoms in total. The average Bonchev–Trinajstić information content (AvgIpc) is 1.85. The van der Waals surface area contributed by atoms with Gasteiger partial charge in [0.25, 0.3) is 0 Å². The highest BCUT2D eigenvalue weighted by molar-refractivity contribution is 6.22. The fourth-order valence-electron chi connectivity index (χ4n) is 0.664. The third-order valence-corrected chi connectivity index (χ3v) is 1.20. The van der Waals surface area contributed by atoms with E-state index in [1.807, 2.05) is 5.32 Å². The molecule has 0 spiro atoms. The monoisotopic (exact) mass is 155 g/mol. The molecule has 58 valence electrons. The summed E-state index contributed by atoms with van der Waals surface area (Å²) >= 11 is 0. The first kappa shape index (κ1) is 7.39. The molecule has 0 bridgehead atoms. The van der Waals surface area contributed by atoms with E-state index in [1.165, 1.54) is 0 Å². The van der Waals surface area contributed by atoms with Gasteiger partial charge in [-0.25, -0.2) is 4.79 Å². The van der Waals surface area contributed by atoms with Crippen molar-refractivity contribution in [2.75, 3.05) is 0 Å². The number of carbonyl (C=O) groups excluding carboxylic acids is 3. The molecular formula is C5H5N3O3. The fourth-order valence-corrected chi connectivity index (χ4v) is 0.664. The minimum absolute atomic E-state index is 0.256. The molecule has 0 saturated heterocycles. The highest BCUT2D eigenvalue weighted by Crippen LogP contribution is 1.98. The van der Waals surface area contributed by atoms with E-state index >= 15 is 0 Å². The van der Waals surface area contributed by atoms with Crippen molar-refractivity contribution in [2.24, 2.45) is 16.6 Å². The van der Waals surface area contributed by atoms with E-state index in [0.717, 1.165) is 0 Å². The Hall–Kier alpha value is -1.72. The average molecular weight is 155 g/mol. The Labute approximate surface area is 61.5 Å². The number of nitrogens with zero attached hydrogens (tertiary/aromatic N) is 1. The maximum atomic E-state index is 10.7. The maximum Gasteiger partial charge on any atom is 0.349 e. The van der Waals surface area contributed by atoms with Crippen molar-refractivity contribution in [3.8, 4) is 0 Å². The summed E-state index contributed by atoms with van der Waals surface area (Å²) < 4.78 is 0. The number of amidine groups is 1. The third kappa shape index (κ3) is 1.23. The van der Waals surface area contributed by atoms with Crippen LogP contribution in [0.4, 0.5) is 4.79 Å². The smallest absolute Gasteiger partial charge is 0.349 e. The molecule has 0 radical (unpaired) electrons. The Bertz CT molecular complexity index is 258. The Morgan fingerprint density at radius 3 is 2.64 bits per heavy atom. The molecule has 1 atom stereocenters. The maximum absolute atomic E-state index is 10.7. The summed E-state index contributed by atoms with van der Waals surface area (Å²) in [6.45, 7) is 0. The summed E-state index contributed by atoms with van der Waals surface area (Å²) in [5.74, 6) is -2.10. The van der Waals surface area contributed by atoms with E-state index in [-0.39, 0.29) is 5.84 Å². The zero-order valence-corrected chi connectivity index (χ0v) is 5.40. The molecule has 1 rings (SSSR count). The number of imide groups is 1. The van der Waals surface area contributed by atoms with Gasteiger partial charge in [0.05, 0.1) is 0 Å². The van der Waals surface area contributed by atoms with Crippen LogP contribution in [0.3, 0.4) is 0 Å². The molecule has 0 unspecified atom stereocenters. The van der Waals surface area contributed by atoms with Crippen LogP contribution in [0.2, 0.25) is 0 Å². The van der Waals surface area contributed by atoms with E-state index in [1.54, 1.807) is 0 Å². The van der Waals surface area contributed by atoms with Crippen molar-refractivity contribution in [3.05, 3.63) is 0 Å².